The average molecular weight is 353 g/mol. The number of hydrogen-bond donors (Lipinski definition) is 1. The van der Waals surface area contributed by atoms with Gasteiger partial charge < -0.3 is 10.0 Å². The SMILES string of the molecule is CCCCN1C(=O)C(=O)/C(=C(\O)c2ccc(F)cc2)C1c1ccccc1. The summed E-state index contributed by atoms with van der Waals surface area (Å²) in [6.45, 7) is 2.44. The topological polar surface area (TPSA) is 57.6 Å². The molecule has 2 aromatic rings. The van der Waals surface area contributed by atoms with E-state index in [1.807, 2.05) is 37.3 Å². The number of carbonyl (C=O) groups excluding carboxylic acids is 2. The van der Waals surface area contributed by atoms with Crippen LogP contribution in [0.2, 0.25) is 0 Å². The zero-order chi connectivity index (χ0) is 18.7. The Balaban J connectivity index is 2.14. The molecule has 3 rings (SSSR count). The number of Topliss-reactive ketones (excluding diaryl/α,β-unsaturated/α-hetero) is 1. The van der Waals surface area contributed by atoms with Crippen molar-refractivity contribution in [2.75, 3.05) is 6.54 Å². The standard InChI is InChI=1S/C21H20FNO3/c1-2-3-13-23-18(14-7-5-4-6-8-14)17(20(25)21(23)26)19(24)15-9-11-16(22)12-10-15/h4-12,18,24H,2-3,13H2,1H3/b19-17-. The third kappa shape index (κ3) is 3.25. The summed E-state index contributed by atoms with van der Waals surface area (Å²) < 4.78 is 13.2. The summed E-state index contributed by atoms with van der Waals surface area (Å²) in [6.07, 6.45) is 1.63. The van der Waals surface area contributed by atoms with Crippen molar-refractivity contribution in [1.29, 1.82) is 0 Å². The van der Waals surface area contributed by atoms with Crippen LogP contribution in [-0.2, 0) is 9.59 Å². The fourth-order valence-corrected chi connectivity index (χ4v) is 3.18. The lowest BCUT2D eigenvalue weighted by Gasteiger charge is -2.25. The minimum Gasteiger partial charge on any atom is -0.507 e. The van der Waals surface area contributed by atoms with Gasteiger partial charge in [0, 0.05) is 12.1 Å². The number of unbranched alkanes of at least 4 members (excludes halogenated alkanes) is 1. The number of halogens is 1. The van der Waals surface area contributed by atoms with Crippen LogP contribution in [0.3, 0.4) is 0 Å². The Bertz CT molecular complexity index is 843. The van der Waals surface area contributed by atoms with Crippen molar-refractivity contribution in [1.82, 2.24) is 4.90 Å². The third-order valence-corrected chi connectivity index (χ3v) is 4.53. The van der Waals surface area contributed by atoms with Gasteiger partial charge in [0.25, 0.3) is 11.7 Å². The number of likely N-dealkylation sites (tertiary alicyclic amines) is 1. The summed E-state index contributed by atoms with van der Waals surface area (Å²) >= 11 is 0. The molecule has 0 aliphatic carbocycles. The molecule has 5 heteroatoms. The highest BCUT2D eigenvalue weighted by molar-refractivity contribution is 6.46. The number of benzene rings is 2. The number of ketones is 1. The fraction of sp³-hybridized carbons (Fsp3) is 0.238. The minimum atomic E-state index is -0.711. The smallest absolute Gasteiger partial charge is 0.295 e. The molecule has 26 heavy (non-hydrogen) atoms. The Labute approximate surface area is 151 Å². The number of aliphatic hydroxyl groups excluding tert-OH is 1. The van der Waals surface area contributed by atoms with Crippen molar-refractivity contribution in [2.45, 2.75) is 25.8 Å². The van der Waals surface area contributed by atoms with E-state index in [2.05, 4.69) is 0 Å². The van der Waals surface area contributed by atoms with Crippen LogP contribution in [0.1, 0.15) is 36.9 Å². The second-order valence-corrected chi connectivity index (χ2v) is 6.26. The Morgan fingerprint density at radius 1 is 1.08 bits per heavy atom. The van der Waals surface area contributed by atoms with Gasteiger partial charge in [-0.3, -0.25) is 9.59 Å². The lowest BCUT2D eigenvalue weighted by molar-refractivity contribution is -0.139. The van der Waals surface area contributed by atoms with Crippen LogP contribution in [0.15, 0.2) is 60.2 Å². The van der Waals surface area contributed by atoms with Gasteiger partial charge in [-0.15, -0.1) is 0 Å². The van der Waals surface area contributed by atoms with Crippen LogP contribution in [0.25, 0.3) is 5.76 Å². The van der Waals surface area contributed by atoms with Gasteiger partial charge in [-0.2, -0.15) is 0 Å². The van der Waals surface area contributed by atoms with Crippen molar-refractivity contribution in [3.8, 4) is 0 Å². The van der Waals surface area contributed by atoms with E-state index in [4.69, 9.17) is 0 Å². The van der Waals surface area contributed by atoms with Crippen LogP contribution >= 0.6 is 0 Å². The van der Waals surface area contributed by atoms with Crippen LogP contribution < -0.4 is 0 Å². The summed E-state index contributed by atoms with van der Waals surface area (Å²) in [5.74, 6) is -2.05. The first-order chi connectivity index (χ1) is 12.5. The van der Waals surface area contributed by atoms with Crippen molar-refractivity contribution in [3.05, 3.63) is 77.1 Å². The van der Waals surface area contributed by atoms with E-state index in [0.717, 1.165) is 18.4 Å². The van der Waals surface area contributed by atoms with Crippen molar-refractivity contribution in [3.63, 3.8) is 0 Å². The van der Waals surface area contributed by atoms with Gasteiger partial charge in [-0.25, -0.2) is 4.39 Å². The second kappa shape index (κ2) is 7.52. The van der Waals surface area contributed by atoms with Crippen molar-refractivity contribution in [2.24, 2.45) is 0 Å². The molecule has 1 N–H and O–H groups in total. The molecule has 0 saturated carbocycles. The first-order valence-electron chi connectivity index (χ1n) is 8.64. The third-order valence-electron chi connectivity index (χ3n) is 4.53. The lowest BCUT2D eigenvalue weighted by atomic mass is 9.95. The monoisotopic (exact) mass is 353 g/mol. The Hall–Kier alpha value is -2.95. The summed E-state index contributed by atoms with van der Waals surface area (Å²) in [5.41, 5.74) is 1.11. The molecule has 134 valence electrons. The maximum atomic E-state index is 13.2. The van der Waals surface area contributed by atoms with Gasteiger partial charge >= 0.3 is 0 Å². The predicted octanol–water partition coefficient (Wildman–Crippen LogP) is 4.05. The van der Waals surface area contributed by atoms with Crippen molar-refractivity contribution >= 4 is 17.4 Å². The highest BCUT2D eigenvalue weighted by atomic mass is 19.1. The fourth-order valence-electron chi connectivity index (χ4n) is 3.18. The number of nitrogens with zero attached hydrogens (tertiary/aromatic N) is 1. The molecule has 1 amide bonds. The molecule has 0 spiro atoms. The van der Waals surface area contributed by atoms with E-state index in [-0.39, 0.29) is 11.3 Å². The molecule has 0 aromatic heterocycles. The summed E-state index contributed by atoms with van der Waals surface area (Å²) in [7, 11) is 0. The van der Waals surface area contributed by atoms with Crippen LogP contribution in [-0.4, -0.2) is 28.2 Å². The van der Waals surface area contributed by atoms with Gasteiger partial charge in [0.1, 0.15) is 11.6 Å². The first kappa shape index (κ1) is 17.9. The van der Waals surface area contributed by atoms with E-state index in [1.54, 1.807) is 0 Å². The molecule has 0 bridgehead atoms. The van der Waals surface area contributed by atoms with Crippen LogP contribution in [0.5, 0.6) is 0 Å². The maximum Gasteiger partial charge on any atom is 0.295 e. The van der Waals surface area contributed by atoms with Gasteiger partial charge in [-0.05, 0) is 36.2 Å². The molecule has 1 aliphatic rings. The molecule has 4 nitrogen and oxygen atoms in total. The summed E-state index contributed by atoms with van der Waals surface area (Å²) in [5, 5.41) is 10.7. The Morgan fingerprint density at radius 2 is 1.73 bits per heavy atom. The zero-order valence-corrected chi connectivity index (χ0v) is 14.5. The summed E-state index contributed by atoms with van der Waals surface area (Å²) in [4.78, 5) is 26.7. The molecule has 1 unspecified atom stereocenters. The number of aliphatic hydroxyl groups is 1. The molecular weight excluding hydrogens is 333 g/mol. The lowest BCUT2D eigenvalue weighted by Crippen LogP contribution is -2.30. The van der Waals surface area contributed by atoms with E-state index in [0.29, 0.717) is 12.1 Å². The van der Waals surface area contributed by atoms with Crippen LogP contribution in [0, 0.1) is 5.82 Å². The average Bonchev–Trinajstić information content (AvgIpc) is 2.91. The second-order valence-electron chi connectivity index (χ2n) is 6.26. The quantitative estimate of drug-likeness (QED) is 0.501. The molecular formula is C21H20FNO3. The van der Waals surface area contributed by atoms with Gasteiger partial charge in [-0.1, -0.05) is 43.7 Å². The normalized spacial score (nSPS) is 19.2. The van der Waals surface area contributed by atoms with Gasteiger partial charge in [0.2, 0.25) is 0 Å². The number of amides is 1. The van der Waals surface area contributed by atoms with Crippen molar-refractivity contribution < 1.29 is 19.1 Å². The highest BCUT2D eigenvalue weighted by Gasteiger charge is 2.45. The predicted molar refractivity (Wildman–Crippen MR) is 96.8 cm³/mol. The molecule has 1 atom stereocenters. The molecule has 1 heterocycles. The minimum absolute atomic E-state index is 0.0453. The number of carbonyl (C=O) groups is 2. The van der Waals surface area contributed by atoms with E-state index in [9.17, 15) is 19.1 Å². The molecule has 1 aliphatic heterocycles. The molecule has 1 saturated heterocycles. The van der Waals surface area contributed by atoms with E-state index < -0.39 is 23.5 Å². The molecule has 1 fully saturated rings. The van der Waals surface area contributed by atoms with Gasteiger partial charge in [0.15, 0.2) is 0 Å². The first-order valence-corrected chi connectivity index (χ1v) is 8.64. The zero-order valence-electron chi connectivity index (χ0n) is 14.5. The highest BCUT2D eigenvalue weighted by Crippen LogP contribution is 2.39. The number of hydrogen-bond acceptors (Lipinski definition) is 3. The Kier molecular flexibility index (Phi) is 5.16. The largest absolute Gasteiger partial charge is 0.507 e. The molecule has 2 aromatic carbocycles. The number of rotatable bonds is 5. The van der Waals surface area contributed by atoms with Crippen LogP contribution in [0.4, 0.5) is 4.39 Å². The summed E-state index contributed by atoms with van der Waals surface area (Å²) in [6, 6.07) is 13.7. The van der Waals surface area contributed by atoms with E-state index in [1.165, 1.54) is 29.2 Å². The van der Waals surface area contributed by atoms with E-state index >= 15 is 0 Å². The Morgan fingerprint density at radius 3 is 2.35 bits per heavy atom. The molecule has 0 radical (unpaired) electrons. The maximum absolute atomic E-state index is 13.2. The van der Waals surface area contributed by atoms with Gasteiger partial charge in [0.05, 0.1) is 11.6 Å².